The molecule has 0 amide bonds. The van der Waals surface area contributed by atoms with E-state index in [1.807, 2.05) is 0 Å². The summed E-state index contributed by atoms with van der Waals surface area (Å²) in [6.45, 7) is 6.02. The number of aliphatic hydroxyl groups excluding tert-OH is 1. The van der Waals surface area contributed by atoms with E-state index >= 15 is 0 Å². The van der Waals surface area contributed by atoms with Crippen molar-refractivity contribution in [2.45, 2.75) is 19.8 Å². The Morgan fingerprint density at radius 2 is 1.26 bits per heavy atom. The van der Waals surface area contributed by atoms with Gasteiger partial charge in [0.25, 0.3) is 0 Å². The lowest BCUT2D eigenvalue weighted by molar-refractivity contribution is -0.373. The SMILES string of the molecule is CCOC(O)(COCCOCCOCCO)OCC. The zero-order chi connectivity index (χ0) is 14.4. The molecule has 19 heavy (non-hydrogen) atoms. The Morgan fingerprint density at radius 3 is 1.74 bits per heavy atom. The zero-order valence-corrected chi connectivity index (χ0v) is 11.8. The molecule has 0 atom stereocenters. The number of ether oxygens (including phenoxy) is 5. The molecule has 0 saturated carbocycles. The van der Waals surface area contributed by atoms with Gasteiger partial charge in [-0.15, -0.1) is 0 Å². The van der Waals surface area contributed by atoms with Gasteiger partial charge in [-0.3, -0.25) is 0 Å². The van der Waals surface area contributed by atoms with Crippen LogP contribution in [0.1, 0.15) is 13.8 Å². The minimum atomic E-state index is -1.69. The third-order valence-corrected chi connectivity index (χ3v) is 2.00. The highest BCUT2D eigenvalue weighted by Crippen LogP contribution is 2.09. The largest absolute Gasteiger partial charge is 0.394 e. The minimum Gasteiger partial charge on any atom is -0.394 e. The van der Waals surface area contributed by atoms with Crippen LogP contribution in [-0.2, 0) is 23.7 Å². The Balaban J connectivity index is 3.44. The zero-order valence-electron chi connectivity index (χ0n) is 11.8. The number of hydrogen-bond acceptors (Lipinski definition) is 7. The highest BCUT2D eigenvalue weighted by Gasteiger charge is 2.28. The van der Waals surface area contributed by atoms with Gasteiger partial charge in [-0.1, -0.05) is 0 Å². The predicted octanol–water partition coefficient (Wildman–Crippen LogP) is -0.252. The summed E-state index contributed by atoms with van der Waals surface area (Å²) in [6.07, 6.45) is 0. The Bertz CT molecular complexity index is 183. The second-order valence-corrected chi connectivity index (χ2v) is 3.58. The van der Waals surface area contributed by atoms with Gasteiger partial charge in [0, 0.05) is 13.2 Å². The van der Waals surface area contributed by atoms with Crippen LogP contribution in [0, 0.1) is 0 Å². The molecule has 7 heteroatoms. The first-order chi connectivity index (χ1) is 9.18. The maximum atomic E-state index is 9.86. The molecule has 0 rings (SSSR count). The highest BCUT2D eigenvalue weighted by atomic mass is 16.8. The molecule has 0 aliphatic rings. The topological polar surface area (TPSA) is 86.6 Å². The molecule has 0 fully saturated rings. The van der Waals surface area contributed by atoms with Crippen molar-refractivity contribution in [1.29, 1.82) is 0 Å². The fourth-order valence-corrected chi connectivity index (χ4v) is 1.28. The van der Waals surface area contributed by atoms with Crippen molar-refractivity contribution in [1.82, 2.24) is 0 Å². The maximum Gasteiger partial charge on any atom is 0.305 e. The van der Waals surface area contributed by atoms with Crippen LogP contribution in [-0.4, -0.2) is 75.6 Å². The first kappa shape index (κ1) is 18.7. The molecule has 0 bridgehead atoms. The van der Waals surface area contributed by atoms with Crippen molar-refractivity contribution in [2.75, 3.05) is 59.5 Å². The molecule has 0 aliphatic carbocycles. The van der Waals surface area contributed by atoms with Crippen LogP contribution < -0.4 is 0 Å². The van der Waals surface area contributed by atoms with Crippen LogP contribution in [0.3, 0.4) is 0 Å². The van der Waals surface area contributed by atoms with Gasteiger partial charge in [-0.05, 0) is 13.8 Å². The Kier molecular flexibility index (Phi) is 12.6. The first-order valence-corrected chi connectivity index (χ1v) is 6.53. The van der Waals surface area contributed by atoms with E-state index in [0.717, 1.165) is 0 Å². The molecule has 116 valence electrons. The summed E-state index contributed by atoms with van der Waals surface area (Å²) >= 11 is 0. The van der Waals surface area contributed by atoms with Crippen molar-refractivity contribution in [2.24, 2.45) is 0 Å². The lowest BCUT2D eigenvalue weighted by Crippen LogP contribution is -2.41. The Labute approximate surface area is 114 Å². The van der Waals surface area contributed by atoms with E-state index in [0.29, 0.717) is 46.2 Å². The van der Waals surface area contributed by atoms with Crippen LogP contribution >= 0.6 is 0 Å². The molecule has 0 aliphatic heterocycles. The monoisotopic (exact) mass is 282 g/mol. The van der Waals surface area contributed by atoms with Crippen molar-refractivity contribution < 1.29 is 33.9 Å². The summed E-state index contributed by atoms with van der Waals surface area (Å²) in [6, 6.07) is 0. The van der Waals surface area contributed by atoms with Crippen LogP contribution in [0.2, 0.25) is 0 Å². The molecular weight excluding hydrogens is 256 g/mol. The lowest BCUT2D eigenvalue weighted by atomic mass is 10.5. The van der Waals surface area contributed by atoms with Crippen LogP contribution in [0.4, 0.5) is 0 Å². The molecule has 7 nitrogen and oxygen atoms in total. The van der Waals surface area contributed by atoms with Gasteiger partial charge in [-0.2, -0.15) is 0 Å². The summed E-state index contributed by atoms with van der Waals surface area (Å²) in [5.41, 5.74) is 0. The molecule has 0 saturated heterocycles. The minimum absolute atomic E-state index is 0.0105. The maximum absolute atomic E-state index is 9.86. The molecule has 0 aromatic carbocycles. The fraction of sp³-hybridized carbons (Fsp3) is 1.00. The molecular formula is C12H26O7. The summed E-state index contributed by atoms with van der Waals surface area (Å²) in [5, 5.41) is 18.3. The number of rotatable bonds is 14. The number of aliphatic hydroxyl groups is 2. The average molecular weight is 282 g/mol. The molecule has 0 spiro atoms. The fourth-order valence-electron chi connectivity index (χ4n) is 1.28. The third kappa shape index (κ3) is 11.3. The summed E-state index contributed by atoms with van der Waals surface area (Å²) in [4.78, 5) is 0. The molecule has 0 aromatic rings. The van der Waals surface area contributed by atoms with Crippen molar-refractivity contribution in [3.63, 3.8) is 0 Å². The third-order valence-electron chi connectivity index (χ3n) is 2.00. The van der Waals surface area contributed by atoms with Crippen LogP contribution in [0.25, 0.3) is 0 Å². The highest BCUT2D eigenvalue weighted by molar-refractivity contribution is 4.51. The van der Waals surface area contributed by atoms with Gasteiger partial charge in [-0.25, -0.2) is 0 Å². The molecule has 0 radical (unpaired) electrons. The first-order valence-electron chi connectivity index (χ1n) is 6.53. The van der Waals surface area contributed by atoms with E-state index in [2.05, 4.69) is 0 Å². The van der Waals surface area contributed by atoms with Crippen LogP contribution in [0.5, 0.6) is 0 Å². The lowest BCUT2D eigenvalue weighted by Gasteiger charge is -2.26. The Morgan fingerprint density at radius 1 is 0.789 bits per heavy atom. The smallest absolute Gasteiger partial charge is 0.305 e. The van der Waals surface area contributed by atoms with Crippen LogP contribution in [0.15, 0.2) is 0 Å². The van der Waals surface area contributed by atoms with Gasteiger partial charge in [0.05, 0.1) is 39.6 Å². The van der Waals surface area contributed by atoms with Crippen molar-refractivity contribution in [3.8, 4) is 0 Å². The van der Waals surface area contributed by atoms with Gasteiger partial charge >= 0.3 is 5.97 Å². The van der Waals surface area contributed by atoms with Gasteiger partial charge in [0.15, 0.2) is 0 Å². The normalized spacial score (nSPS) is 12.0. The quantitative estimate of drug-likeness (QED) is 0.335. The van der Waals surface area contributed by atoms with Gasteiger partial charge < -0.3 is 33.9 Å². The standard InChI is InChI=1S/C12H26O7/c1-3-18-12(14,19-4-2)11-17-10-9-16-8-7-15-6-5-13/h13-14H,3-11H2,1-2H3. The van der Waals surface area contributed by atoms with E-state index in [1.54, 1.807) is 13.8 Å². The predicted molar refractivity (Wildman–Crippen MR) is 67.7 cm³/mol. The van der Waals surface area contributed by atoms with Crippen molar-refractivity contribution in [3.05, 3.63) is 0 Å². The second kappa shape index (κ2) is 12.7. The summed E-state index contributed by atoms with van der Waals surface area (Å²) < 4.78 is 25.6. The molecule has 0 heterocycles. The summed E-state index contributed by atoms with van der Waals surface area (Å²) in [5.74, 6) is -1.69. The molecule has 2 N–H and O–H groups in total. The molecule has 0 aromatic heterocycles. The average Bonchev–Trinajstić information content (AvgIpc) is 2.37. The molecule has 0 unspecified atom stereocenters. The van der Waals surface area contributed by atoms with E-state index in [-0.39, 0.29) is 13.2 Å². The van der Waals surface area contributed by atoms with E-state index in [4.69, 9.17) is 28.8 Å². The van der Waals surface area contributed by atoms with E-state index in [1.165, 1.54) is 0 Å². The Hall–Kier alpha value is -0.280. The van der Waals surface area contributed by atoms with Crippen molar-refractivity contribution >= 4 is 0 Å². The number of hydrogen-bond donors (Lipinski definition) is 2. The second-order valence-electron chi connectivity index (χ2n) is 3.58. The van der Waals surface area contributed by atoms with Gasteiger partial charge in [0.1, 0.15) is 6.61 Å². The van der Waals surface area contributed by atoms with E-state index in [9.17, 15) is 5.11 Å². The summed E-state index contributed by atoms with van der Waals surface area (Å²) in [7, 11) is 0. The van der Waals surface area contributed by atoms with E-state index < -0.39 is 5.97 Å². The van der Waals surface area contributed by atoms with Gasteiger partial charge in [0.2, 0.25) is 0 Å².